The summed E-state index contributed by atoms with van der Waals surface area (Å²) in [7, 11) is 3.96. The van der Waals surface area contributed by atoms with Crippen LogP contribution in [0.4, 0.5) is 4.39 Å². The van der Waals surface area contributed by atoms with Gasteiger partial charge in [0, 0.05) is 38.6 Å². The number of nitrogens with zero attached hydrogens (tertiary/aromatic N) is 3. The van der Waals surface area contributed by atoms with Crippen molar-refractivity contribution in [2.45, 2.75) is 25.8 Å². The third-order valence-corrected chi connectivity index (χ3v) is 5.94. The number of likely N-dealkylation sites (N-methyl/N-ethyl adjacent to an activating group) is 1. The van der Waals surface area contributed by atoms with Crippen LogP contribution in [-0.4, -0.2) is 73.4 Å². The van der Waals surface area contributed by atoms with E-state index in [2.05, 4.69) is 0 Å². The molecule has 1 heterocycles. The smallest absolute Gasteiger partial charge is 0.226 e. The van der Waals surface area contributed by atoms with Gasteiger partial charge in [-0.1, -0.05) is 30.3 Å². The molecule has 0 saturated carbocycles. The number of carbonyl (C=O) groups excluding carboxylic acids is 2. The monoisotopic (exact) mass is 455 g/mol. The molecule has 6 nitrogen and oxygen atoms in total. The summed E-state index contributed by atoms with van der Waals surface area (Å²) in [5.41, 5.74) is 0.912. The van der Waals surface area contributed by atoms with Crippen molar-refractivity contribution in [2.75, 3.05) is 46.9 Å². The van der Waals surface area contributed by atoms with Crippen LogP contribution in [0.1, 0.15) is 24.8 Å². The van der Waals surface area contributed by atoms with E-state index < -0.39 is 0 Å². The maximum atomic E-state index is 13.3. The molecule has 3 rings (SSSR count). The van der Waals surface area contributed by atoms with E-state index in [4.69, 9.17) is 4.74 Å². The van der Waals surface area contributed by atoms with Crippen molar-refractivity contribution in [1.82, 2.24) is 14.7 Å². The summed E-state index contributed by atoms with van der Waals surface area (Å²) in [5, 5.41) is 0. The number of amides is 2. The van der Waals surface area contributed by atoms with Crippen molar-refractivity contribution < 1.29 is 18.7 Å². The Balaban J connectivity index is 1.49. The molecule has 2 aromatic rings. The number of piperidine rings is 1. The lowest BCUT2D eigenvalue weighted by Gasteiger charge is -2.35. The first-order valence-corrected chi connectivity index (χ1v) is 11.6. The Morgan fingerprint density at radius 3 is 2.30 bits per heavy atom. The summed E-state index contributed by atoms with van der Waals surface area (Å²) in [4.78, 5) is 31.6. The summed E-state index contributed by atoms with van der Waals surface area (Å²) in [6.45, 7) is 3.34. The van der Waals surface area contributed by atoms with Gasteiger partial charge in [-0.2, -0.15) is 0 Å². The number of para-hydroxylation sites is 1. The molecule has 0 unspecified atom stereocenters. The maximum absolute atomic E-state index is 13.3. The predicted molar refractivity (Wildman–Crippen MR) is 126 cm³/mol. The molecular formula is C26H34FN3O3. The van der Waals surface area contributed by atoms with E-state index in [1.54, 1.807) is 12.1 Å². The number of hydrogen-bond donors (Lipinski definition) is 0. The van der Waals surface area contributed by atoms with Gasteiger partial charge in [-0.25, -0.2) is 4.39 Å². The Morgan fingerprint density at radius 1 is 1.00 bits per heavy atom. The van der Waals surface area contributed by atoms with Crippen LogP contribution < -0.4 is 4.74 Å². The highest BCUT2D eigenvalue weighted by molar-refractivity contribution is 5.80. The van der Waals surface area contributed by atoms with E-state index in [1.807, 2.05) is 59.1 Å². The number of carbonyl (C=O) groups is 2. The summed E-state index contributed by atoms with van der Waals surface area (Å²) < 4.78 is 18.9. The van der Waals surface area contributed by atoms with Gasteiger partial charge in [-0.3, -0.25) is 9.59 Å². The zero-order valence-corrected chi connectivity index (χ0v) is 19.6. The average molecular weight is 456 g/mol. The second kappa shape index (κ2) is 12.3. The van der Waals surface area contributed by atoms with Gasteiger partial charge >= 0.3 is 0 Å². The average Bonchev–Trinajstić information content (AvgIpc) is 2.83. The normalized spacial score (nSPS) is 14.4. The van der Waals surface area contributed by atoms with Crippen molar-refractivity contribution in [3.63, 3.8) is 0 Å². The fraction of sp³-hybridized carbons (Fsp3) is 0.462. The maximum Gasteiger partial charge on any atom is 0.226 e. The second-order valence-electron chi connectivity index (χ2n) is 8.76. The van der Waals surface area contributed by atoms with Gasteiger partial charge in [-0.15, -0.1) is 0 Å². The van der Waals surface area contributed by atoms with Crippen molar-refractivity contribution >= 4 is 11.8 Å². The number of benzene rings is 2. The lowest BCUT2D eigenvalue weighted by Crippen LogP contribution is -2.45. The summed E-state index contributed by atoms with van der Waals surface area (Å²) in [6.07, 6.45) is 1.64. The fourth-order valence-corrected chi connectivity index (χ4v) is 3.96. The summed E-state index contributed by atoms with van der Waals surface area (Å²) in [5.74, 6) is 0.551. The Labute approximate surface area is 195 Å². The van der Waals surface area contributed by atoms with Crippen LogP contribution in [0, 0.1) is 11.7 Å². The van der Waals surface area contributed by atoms with Crippen LogP contribution in [0.25, 0.3) is 0 Å². The van der Waals surface area contributed by atoms with E-state index in [9.17, 15) is 14.0 Å². The summed E-state index contributed by atoms with van der Waals surface area (Å²) >= 11 is 0. The molecule has 7 heteroatoms. The first-order valence-electron chi connectivity index (χ1n) is 11.6. The molecule has 0 N–H and O–H groups in total. The first kappa shape index (κ1) is 24.7. The van der Waals surface area contributed by atoms with Gasteiger partial charge in [0.1, 0.15) is 11.6 Å². The quantitative estimate of drug-likeness (QED) is 0.551. The molecular weight excluding hydrogens is 421 g/mol. The number of rotatable bonds is 10. The van der Waals surface area contributed by atoms with Gasteiger partial charge in [0.05, 0.1) is 13.0 Å². The number of halogens is 1. The van der Waals surface area contributed by atoms with Gasteiger partial charge < -0.3 is 19.4 Å². The molecule has 0 spiro atoms. The lowest BCUT2D eigenvalue weighted by molar-refractivity contribution is -0.141. The van der Waals surface area contributed by atoms with E-state index in [1.165, 1.54) is 12.1 Å². The largest absolute Gasteiger partial charge is 0.493 e. The molecule has 0 radical (unpaired) electrons. The van der Waals surface area contributed by atoms with E-state index >= 15 is 0 Å². The first-order chi connectivity index (χ1) is 15.9. The molecule has 1 saturated heterocycles. The van der Waals surface area contributed by atoms with Crippen LogP contribution in [-0.2, 0) is 16.1 Å². The van der Waals surface area contributed by atoms with Gasteiger partial charge in [0.15, 0.2) is 0 Å². The van der Waals surface area contributed by atoms with Crippen molar-refractivity contribution in [2.24, 2.45) is 5.92 Å². The van der Waals surface area contributed by atoms with Crippen molar-refractivity contribution in [1.29, 1.82) is 0 Å². The molecule has 178 valence electrons. The van der Waals surface area contributed by atoms with E-state index in [0.29, 0.717) is 52.0 Å². The molecule has 33 heavy (non-hydrogen) atoms. The molecule has 2 aromatic carbocycles. The summed E-state index contributed by atoms with van der Waals surface area (Å²) in [6, 6.07) is 15.8. The molecule has 2 amide bonds. The highest BCUT2D eigenvalue weighted by Crippen LogP contribution is 2.22. The Bertz CT molecular complexity index is 881. The van der Waals surface area contributed by atoms with Crippen LogP contribution in [0.3, 0.4) is 0 Å². The zero-order chi connectivity index (χ0) is 23.6. The fourth-order valence-electron chi connectivity index (χ4n) is 3.96. The van der Waals surface area contributed by atoms with E-state index in [-0.39, 0.29) is 23.5 Å². The number of likely N-dealkylation sites (tertiary alicyclic amines) is 1. The minimum Gasteiger partial charge on any atom is -0.493 e. The van der Waals surface area contributed by atoms with Crippen molar-refractivity contribution in [3.8, 4) is 5.75 Å². The zero-order valence-electron chi connectivity index (χ0n) is 19.6. The SMILES string of the molecule is CN(C)CCN(Cc1ccc(F)cc1)C(=O)C1CCN(C(=O)CCOc2ccccc2)CC1. The van der Waals surface area contributed by atoms with Crippen LogP contribution >= 0.6 is 0 Å². The lowest BCUT2D eigenvalue weighted by atomic mass is 9.94. The molecule has 0 aromatic heterocycles. The molecule has 0 aliphatic carbocycles. The topological polar surface area (TPSA) is 53.1 Å². The molecule has 0 bridgehead atoms. The highest BCUT2D eigenvalue weighted by Gasteiger charge is 2.30. The molecule has 1 aliphatic rings. The van der Waals surface area contributed by atoms with E-state index in [0.717, 1.165) is 17.9 Å². The van der Waals surface area contributed by atoms with Crippen molar-refractivity contribution in [3.05, 3.63) is 66.0 Å². The van der Waals surface area contributed by atoms with Crippen LogP contribution in [0.15, 0.2) is 54.6 Å². The standard InChI is InChI=1S/C26H34FN3O3/c1-28(2)17-18-30(20-21-8-10-23(27)11-9-21)26(32)22-12-15-29(16-13-22)25(31)14-19-33-24-6-4-3-5-7-24/h3-11,22H,12-20H2,1-2H3. The van der Waals surface area contributed by atoms with Gasteiger partial charge in [0.2, 0.25) is 11.8 Å². The van der Waals surface area contributed by atoms with Crippen LogP contribution in [0.5, 0.6) is 5.75 Å². The molecule has 0 atom stereocenters. The van der Waals surface area contributed by atoms with Gasteiger partial charge in [0.25, 0.3) is 0 Å². The highest BCUT2D eigenvalue weighted by atomic mass is 19.1. The number of ether oxygens (including phenoxy) is 1. The Hall–Kier alpha value is -2.93. The molecule has 1 fully saturated rings. The minimum atomic E-state index is -0.281. The van der Waals surface area contributed by atoms with Gasteiger partial charge in [-0.05, 0) is 56.8 Å². The Kier molecular flexibility index (Phi) is 9.24. The third kappa shape index (κ3) is 7.86. The Morgan fingerprint density at radius 2 is 1.67 bits per heavy atom. The molecule has 1 aliphatic heterocycles. The third-order valence-electron chi connectivity index (χ3n) is 5.94. The minimum absolute atomic E-state index is 0.0626. The predicted octanol–water partition coefficient (Wildman–Crippen LogP) is 3.42. The number of hydrogen-bond acceptors (Lipinski definition) is 4. The van der Waals surface area contributed by atoms with Crippen LogP contribution in [0.2, 0.25) is 0 Å². The second-order valence-corrected chi connectivity index (χ2v) is 8.76.